The summed E-state index contributed by atoms with van der Waals surface area (Å²) in [6.45, 7) is 2.93. The van der Waals surface area contributed by atoms with Crippen LogP contribution in [0.15, 0.2) is 18.2 Å². The Hall–Kier alpha value is -1.22. The molecular weight excluding hydrogens is 250 g/mol. The summed E-state index contributed by atoms with van der Waals surface area (Å²) in [5.41, 5.74) is 6.80. The summed E-state index contributed by atoms with van der Waals surface area (Å²) < 4.78 is 11.6. The lowest BCUT2D eigenvalue weighted by atomic mass is 9.85. The van der Waals surface area contributed by atoms with E-state index in [1.54, 1.807) is 7.11 Å². The van der Waals surface area contributed by atoms with E-state index in [4.69, 9.17) is 15.2 Å². The summed E-state index contributed by atoms with van der Waals surface area (Å²) in [6, 6.07) is 6.16. The molecule has 0 amide bonds. The molecule has 2 unspecified atom stereocenters. The maximum Gasteiger partial charge on any atom is 0.161 e. The first-order valence-corrected chi connectivity index (χ1v) is 7.80. The quantitative estimate of drug-likeness (QED) is 0.865. The van der Waals surface area contributed by atoms with Gasteiger partial charge in [0.1, 0.15) is 0 Å². The van der Waals surface area contributed by atoms with E-state index in [9.17, 15) is 0 Å². The molecule has 0 saturated heterocycles. The van der Waals surface area contributed by atoms with Gasteiger partial charge in [0.15, 0.2) is 11.5 Å². The molecule has 0 bridgehead atoms. The van der Waals surface area contributed by atoms with E-state index in [-0.39, 0.29) is 0 Å². The molecule has 0 heterocycles. The van der Waals surface area contributed by atoms with Gasteiger partial charge in [-0.3, -0.25) is 0 Å². The molecule has 1 aliphatic carbocycles. The highest BCUT2D eigenvalue weighted by molar-refractivity contribution is 5.43. The Kier molecular flexibility index (Phi) is 5.72. The van der Waals surface area contributed by atoms with Gasteiger partial charge in [-0.1, -0.05) is 25.8 Å². The van der Waals surface area contributed by atoms with Crippen LogP contribution in [0.2, 0.25) is 0 Å². The van der Waals surface area contributed by atoms with Crippen LogP contribution in [0.1, 0.15) is 44.6 Å². The van der Waals surface area contributed by atoms with Crippen LogP contribution in [0, 0.1) is 5.92 Å². The first-order valence-electron chi connectivity index (χ1n) is 7.80. The van der Waals surface area contributed by atoms with Gasteiger partial charge in [0.2, 0.25) is 0 Å². The number of methoxy groups -OCH3 is 1. The van der Waals surface area contributed by atoms with Crippen molar-refractivity contribution in [2.24, 2.45) is 11.7 Å². The molecule has 2 atom stereocenters. The number of benzene rings is 1. The zero-order chi connectivity index (χ0) is 14.4. The van der Waals surface area contributed by atoms with Gasteiger partial charge in [0.05, 0.1) is 13.2 Å². The van der Waals surface area contributed by atoms with Crippen LogP contribution in [-0.2, 0) is 6.42 Å². The number of ether oxygens (including phenoxy) is 2. The Labute approximate surface area is 122 Å². The van der Waals surface area contributed by atoms with Crippen LogP contribution >= 0.6 is 0 Å². The van der Waals surface area contributed by atoms with Gasteiger partial charge in [-0.2, -0.15) is 0 Å². The second-order valence-electron chi connectivity index (χ2n) is 5.70. The topological polar surface area (TPSA) is 44.5 Å². The fraction of sp³-hybridized carbons (Fsp3) is 0.647. The van der Waals surface area contributed by atoms with E-state index in [0.29, 0.717) is 12.6 Å². The maximum absolute atomic E-state index is 6.19. The third-order valence-corrected chi connectivity index (χ3v) is 4.27. The Morgan fingerprint density at radius 3 is 2.80 bits per heavy atom. The predicted molar refractivity (Wildman–Crippen MR) is 82.4 cm³/mol. The molecule has 0 aliphatic heterocycles. The molecule has 1 aliphatic rings. The molecule has 1 aromatic rings. The van der Waals surface area contributed by atoms with E-state index in [1.165, 1.54) is 31.2 Å². The molecule has 3 heteroatoms. The van der Waals surface area contributed by atoms with Crippen LogP contribution in [0.25, 0.3) is 0 Å². The predicted octanol–water partition coefficient (Wildman–Crippen LogP) is 3.54. The average molecular weight is 277 g/mol. The van der Waals surface area contributed by atoms with Crippen molar-refractivity contribution in [2.75, 3.05) is 13.7 Å². The minimum atomic E-state index is 0.336. The zero-order valence-electron chi connectivity index (χ0n) is 12.7. The monoisotopic (exact) mass is 277 g/mol. The largest absolute Gasteiger partial charge is 0.493 e. The summed E-state index contributed by atoms with van der Waals surface area (Å²) in [6.07, 6.45) is 7.42. The van der Waals surface area contributed by atoms with Crippen LogP contribution in [0.3, 0.4) is 0 Å². The Balaban J connectivity index is 2.04. The van der Waals surface area contributed by atoms with Gasteiger partial charge in [-0.25, -0.2) is 0 Å². The minimum Gasteiger partial charge on any atom is -0.493 e. The Bertz CT molecular complexity index is 419. The third kappa shape index (κ3) is 3.89. The van der Waals surface area contributed by atoms with E-state index in [2.05, 4.69) is 13.0 Å². The van der Waals surface area contributed by atoms with Crippen molar-refractivity contribution >= 4 is 0 Å². The third-order valence-electron chi connectivity index (χ3n) is 4.27. The molecule has 0 radical (unpaired) electrons. The van der Waals surface area contributed by atoms with Crippen molar-refractivity contribution < 1.29 is 9.47 Å². The summed E-state index contributed by atoms with van der Waals surface area (Å²) in [5, 5.41) is 0. The van der Waals surface area contributed by atoms with Gasteiger partial charge in [-0.15, -0.1) is 0 Å². The molecule has 2 N–H and O–H groups in total. The van der Waals surface area contributed by atoms with Gasteiger partial charge < -0.3 is 15.2 Å². The van der Waals surface area contributed by atoms with E-state index in [0.717, 1.165) is 30.3 Å². The average Bonchev–Trinajstić information content (AvgIpc) is 2.49. The zero-order valence-corrected chi connectivity index (χ0v) is 12.7. The lowest BCUT2D eigenvalue weighted by Gasteiger charge is -2.29. The van der Waals surface area contributed by atoms with Crippen molar-refractivity contribution in [1.29, 1.82) is 0 Å². The first kappa shape index (κ1) is 15.2. The maximum atomic E-state index is 6.19. The highest BCUT2D eigenvalue weighted by Crippen LogP contribution is 2.34. The molecule has 1 saturated carbocycles. The first-order chi connectivity index (χ1) is 9.76. The lowest BCUT2D eigenvalue weighted by Crippen LogP contribution is -2.25. The summed E-state index contributed by atoms with van der Waals surface area (Å²) in [5.74, 6) is 2.51. The highest BCUT2D eigenvalue weighted by Gasteiger charge is 2.23. The number of nitrogens with two attached hydrogens (primary N) is 1. The smallest absolute Gasteiger partial charge is 0.161 e. The summed E-state index contributed by atoms with van der Waals surface area (Å²) >= 11 is 0. The molecule has 1 fully saturated rings. The molecule has 1 aromatic carbocycles. The summed E-state index contributed by atoms with van der Waals surface area (Å²) in [7, 11) is 1.70. The summed E-state index contributed by atoms with van der Waals surface area (Å²) in [4.78, 5) is 0. The molecule has 112 valence electrons. The van der Waals surface area contributed by atoms with Gasteiger partial charge in [0.25, 0.3) is 0 Å². The number of rotatable bonds is 6. The van der Waals surface area contributed by atoms with Crippen LogP contribution in [-0.4, -0.2) is 19.8 Å². The van der Waals surface area contributed by atoms with Gasteiger partial charge >= 0.3 is 0 Å². The van der Waals surface area contributed by atoms with Gasteiger partial charge in [-0.05, 0) is 55.8 Å². The van der Waals surface area contributed by atoms with Crippen molar-refractivity contribution in [3.05, 3.63) is 23.8 Å². The fourth-order valence-corrected chi connectivity index (χ4v) is 3.03. The molecule has 2 rings (SSSR count). The normalized spacial score (nSPS) is 22.6. The SMILES string of the molecule is CCC1CCCC(Oc2ccc(CCN)cc2OC)C1. The van der Waals surface area contributed by atoms with Crippen LogP contribution in [0.4, 0.5) is 0 Å². The number of hydrogen-bond donors (Lipinski definition) is 1. The van der Waals surface area contributed by atoms with Crippen LogP contribution < -0.4 is 15.2 Å². The standard InChI is InChI=1S/C17H27NO2/c1-3-13-5-4-6-15(11-13)20-16-8-7-14(9-10-18)12-17(16)19-2/h7-8,12-13,15H,3-6,9-11,18H2,1-2H3. The molecule has 0 aromatic heterocycles. The highest BCUT2D eigenvalue weighted by atomic mass is 16.5. The van der Waals surface area contributed by atoms with E-state index >= 15 is 0 Å². The van der Waals surface area contributed by atoms with Gasteiger partial charge in [0, 0.05) is 0 Å². The number of hydrogen-bond acceptors (Lipinski definition) is 3. The van der Waals surface area contributed by atoms with Crippen molar-refractivity contribution in [1.82, 2.24) is 0 Å². The second-order valence-corrected chi connectivity index (χ2v) is 5.70. The van der Waals surface area contributed by atoms with Crippen molar-refractivity contribution in [3.8, 4) is 11.5 Å². The second kappa shape index (κ2) is 7.53. The van der Waals surface area contributed by atoms with E-state index in [1.807, 2.05) is 12.1 Å². The van der Waals surface area contributed by atoms with Crippen molar-refractivity contribution in [3.63, 3.8) is 0 Å². The minimum absolute atomic E-state index is 0.336. The lowest BCUT2D eigenvalue weighted by molar-refractivity contribution is 0.118. The Morgan fingerprint density at radius 2 is 2.10 bits per heavy atom. The molecule has 3 nitrogen and oxygen atoms in total. The molecular formula is C17H27NO2. The van der Waals surface area contributed by atoms with Crippen LogP contribution in [0.5, 0.6) is 11.5 Å². The Morgan fingerprint density at radius 1 is 1.25 bits per heavy atom. The van der Waals surface area contributed by atoms with E-state index < -0.39 is 0 Å². The fourth-order valence-electron chi connectivity index (χ4n) is 3.03. The molecule has 0 spiro atoms. The van der Waals surface area contributed by atoms with Crippen molar-refractivity contribution in [2.45, 2.75) is 51.6 Å². The molecule has 20 heavy (non-hydrogen) atoms.